The Bertz CT molecular complexity index is 1280. The van der Waals surface area contributed by atoms with E-state index in [4.69, 9.17) is 9.47 Å². The second-order valence-electron chi connectivity index (χ2n) is 10.4. The molecule has 14 heteroatoms. The first-order valence-corrected chi connectivity index (χ1v) is 13.0. The molecule has 1 N–H and O–H groups in total. The Morgan fingerprint density at radius 2 is 1.66 bits per heavy atom. The van der Waals surface area contributed by atoms with E-state index in [1.165, 1.54) is 7.11 Å². The molecule has 2 heterocycles. The summed E-state index contributed by atoms with van der Waals surface area (Å²) in [4.78, 5) is 13.8. The Balaban J connectivity index is 1.99. The van der Waals surface area contributed by atoms with Crippen molar-refractivity contribution < 1.29 is 40.0 Å². The molecule has 1 fully saturated rings. The zero-order chi connectivity index (χ0) is 28.7. The van der Waals surface area contributed by atoms with Crippen LogP contribution in [0.5, 0.6) is 17.2 Å². The van der Waals surface area contributed by atoms with Crippen LogP contribution in [-0.2, 0) is 14.9 Å². The highest BCUT2D eigenvalue weighted by atomic mass is 32.2. The maximum Gasteiger partial charge on any atom is 0.534 e. The number of piperidine rings is 1. The van der Waals surface area contributed by atoms with Crippen molar-refractivity contribution in [3.05, 3.63) is 24.3 Å². The van der Waals surface area contributed by atoms with Gasteiger partial charge in [0.25, 0.3) is 0 Å². The molecule has 0 saturated carbocycles. The van der Waals surface area contributed by atoms with Crippen molar-refractivity contribution >= 4 is 21.9 Å². The molecule has 3 rings (SSSR count). The number of halogens is 3. The Morgan fingerprint density at radius 3 is 2.13 bits per heavy atom. The third-order valence-electron chi connectivity index (χ3n) is 5.99. The number of methoxy groups -OCH3 is 1. The molecule has 2 aromatic rings. The van der Waals surface area contributed by atoms with Crippen LogP contribution in [0.25, 0.3) is 11.3 Å². The van der Waals surface area contributed by atoms with Crippen LogP contribution < -0.4 is 23.9 Å². The van der Waals surface area contributed by atoms with Gasteiger partial charge in [0.1, 0.15) is 22.9 Å². The second kappa shape index (κ2) is 10.2. The molecular formula is C24H31F3N4O6S. The fourth-order valence-electron chi connectivity index (χ4n) is 4.81. The Kier molecular flexibility index (Phi) is 7.91. The third kappa shape index (κ3) is 6.65. The van der Waals surface area contributed by atoms with Crippen LogP contribution in [-0.4, -0.2) is 61.4 Å². The summed E-state index contributed by atoms with van der Waals surface area (Å²) in [6, 6.07) is 5.23. The van der Waals surface area contributed by atoms with Gasteiger partial charge in [0, 0.05) is 43.2 Å². The number of benzene rings is 1. The summed E-state index contributed by atoms with van der Waals surface area (Å²) < 4.78 is 76.1. The molecule has 10 nitrogen and oxygen atoms in total. The van der Waals surface area contributed by atoms with Crippen LogP contribution in [0.3, 0.4) is 0 Å². The lowest BCUT2D eigenvalue weighted by Crippen LogP contribution is -2.62. The molecule has 1 aliphatic heterocycles. The van der Waals surface area contributed by atoms with Crippen LogP contribution in [0.15, 0.2) is 24.3 Å². The first-order valence-electron chi connectivity index (χ1n) is 11.6. The molecule has 1 aliphatic rings. The molecule has 38 heavy (non-hydrogen) atoms. The molecule has 0 amide bonds. The van der Waals surface area contributed by atoms with Gasteiger partial charge in [-0.05, 0) is 52.7 Å². The number of nitrogens with zero attached hydrogens (tertiary/aromatic N) is 3. The highest BCUT2D eigenvalue weighted by Gasteiger charge is 2.48. The smallest absolute Gasteiger partial charge is 0.496 e. The van der Waals surface area contributed by atoms with Gasteiger partial charge in [-0.15, -0.1) is 10.2 Å². The lowest BCUT2D eigenvalue weighted by Gasteiger charge is -2.49. The number of esters is 1. The van der Waals surface area contributed by atoms with Crippen molar-refractivity contribution in [1.82, 2.24) is 15.5 Å². The van der Waals surface area contributed by atoms with Crippen molar-refractivity contribution in [1.29, 1.82) is 0 Å². The molecule has 0 bridgehead atoms. The summed E-state index contributed by atoms with van der Waals surface area (Å²) in [5.41, 5.74) is -5.60. The maximum absolute atomic E-state index is 12.8. The van der Waals surface area contributed by atoms with Gasteiger partial charge in [-0.2, -0.15) is 21.6 Å². The van der Waals surface area contributed by atoms with Gasteiger partial charge < -0.3 is 23.9 Å². The van der Waals surface area contributed by atoms with Crippen molar-refractivity contribution in [3.63, 3.8) is 0 Å². The van der Waals surface area contributed by atoms with Gasteiger partial charge in [-0.25, -0.2) is 0 Å². The van der Waals surface area contributed by atoms with E-state index in [0.717, 1.165) is 31.9 Å². The summed E-state index contributed by atoms with van der Waals surface area (Å²) in [7, 11) is -2.85. The average Bonchev–Trinajstić information content (AvgIpc) is 2.75. The van der Waals surface area contributed by atoms with Crippen LogP contribution in [0.2, 0.25) is 0 Å². The summed E-state index contributed by atoms with van der Waals surface area (Å²) in [5, 5.41) is 12.2. The number of hydrogen-bond donors (Lipinski definition) is 1. The van der Waals surface area contributed by atoms with Crippen LogP contribution >= 0.6 is 0 Å². The largest absolute Gasteiger partial charge is 0.534 e. The van der Waals surface area contributed by atoms with E-state index in [2.05, 4.69) is 47.4 Å². The van der Waals surface area contributed by atoms with Crippen LogP contribution in [0.4, 0.5) is 19.0 Å². The van der Waals surface area contributed by atoms with Gasteiger partial charge in [0.15, 0.2) is 5.82 Å². The van der Waals surface area contributed by atoms with Crippen molar-refractivity contribution in [2.24, 2.45) is 0 Å². The molecule has 0 atom stereocenters. The predicted molar refractivity (Wildman–Crippen MR) is 134 cm³/mol. The Morgan fingerprint density at radius 1 is 1.08 bits per heavy atom. The van der Waals surface area contributed by atoms with E-state index >= 15 is 0 Å². The molecule has 210 valence electrons. The summed E-state index contributed by atoms with van der Waals surface area (Å²) >= 11 is 0. The Labute approximate surface area is 219 Å². The number of ether oxygens (including phenoxy) is 2. The molecule has 1 aromatic heterocycles. The monoisotopic (exact) mass is 560 g/mol. The fourth-order valence-corrected chi connectivity index (χ4v) is 5.26. The molecule has 0 radical (unpaired) electrons. The lowest BCUT2D eigenvalue weighted by molar-refractivity contribution is -0.131. The number of carbonyl (C=O) groups is 1. The maximum atomic E-state index is 12.8. The highest BCUT2D eigenvalue weighted by Crippen LogP contribution is 2.42. The molecule has 1 aromatic carbocycles. The predicted octanol–water partition coefficient (Wildman–Crippen LogP) is 4.05. The summed E-state index contributed by atoms with van der Waals surface area (Å²) in [5.74, 6) is -1.46. The highest BCUT2D eigenvalue weighted by molar-refractivity contribution is 7.88. The molecule has 0 unspecified atom stereocenters. The summed E-state index contributed by atoms with van der Waals surface area (Å²) in [6.45, 7) is 9.63. The summed E-state index contributed by atoms with van der Waals surface area (Å²) in [6.07, 6.45) is 1.73. The topological polar surface area (TPSA) is 120 Å². The molecule has 0 aliphatic carbocycles. The van der Waals surface area contributed by atoms with E-state index in [-0.39, 0.29) is 39.9 Å². The minimum absolute atomic E-state index is 0.0743. The SMILES string of the molecule is COc1cc(OS(=O)(=O)C(F)(F)F)cc(OC(C)=O)c1-c1ccc(N(C)C2CC(C)(C)NC(C)(C)C2)nn1. The van der Waals surface area contributed by atoms with Crippen molar-refractivity contribution in [2.45, 2.75) is 70.1 Å². The normalized spacial score (nSPS) is 17.5. The zero-order valence-corrected chi connectivity index (χ0v) is 23.0. The van der Waals surface area contributed by atoms with E-state index in [1.54, 1.807) is 12.1 Å². The number of anilines is 1. The standard InChI is InChI=1S/C24H31F3N4O6S/c1-14(32)36-19-11-16(37-38(33,34)24(25,26)27)10-18(35-7)21(19)17-8-9-20(29-28-17)31(6)15-12-22(2,3)30-23(4,5)13-15/h8-11,15,30H,12-13H2,1-7H3. The third-order valence-corrected chi connectivity index (χ3v) is 6.97. The zero-order valence-electron chi connectivity index (χ0n) is 22.1. The van der Waals surface area contributed by atoms with Gasteiger partial charge in [-0.3, -0.25) is 4.79 Å². The van der Waals surface area contributed by atoms with Gasteiger partial charge in [-0.1, -0.05) is 0 Å². The molecule has 0 spiro atoms. The van der Waals surface area contributed by atoms with Gasteiger partial charge in [0.2, 0.25) is 0 Å². The van der Waals surface area contributed by atoms with Crippen LogP contribution in [0, 0.1) is 0 Å². The average molecular weight is 561 g/mol. The van der Waals surface area contributed by atoms with Crippen molar-refractivity contribution in [3.8, 4) is 28.5 Å². The first kappa shape index (κ1) is 29.4. The first-order chi connectivity index (χ1) is 17.3. The number of nitrogens with one attached hydrogen (secondary N) is 1. The number of carbonyl (C=O) groups excluding carboxylic acids is 1. The van der Waals surface area contributed by atoms with E-state index in [1.807, 2.05) is 11.9 Å². The minimum Gasteiger partial charge on any atom is -0.496 e. The quantitative estimate of drug-likeness (QED) is 0.230. The lowest BCUT2D eigenvalue weighted by atomic mass is 9.79. The van der Waals surface area contributed by atoms with E-state index < -0.39 is 27.3 Å². The second-order valence-corrected chi connectivity index (χ2v) is 12.0. The molecule has 1 saturated heterocycles. The fraction of sp³-hybridized carbons (Fsp3) is 0.542. The van der Waals surface area contributed by atoms with Crippen molar-refractivity contribution in [2.75, 3.05) is 19.1 Å². The minimum atomic E-state index is -5.98. The number of aromatic nitrogens is 2. The van der Waals surface area contributed by atoms with Gasteiger partial charge >= 0.3 is 21.6 Å². The van der Waals surface area contributed by atoms with Crippen LogP contribution in [0.1, 0.15) is 47.5 Å². The number of hydrogen-bond acceptors (Lipinski definition) is 10. The van der Waals surface area contributed by atoms with E-state index in [0.29, 0.717) is 5.82 Å². The van der Waals surface area contributed by atoms with Gasteiger partial charge in [0.05, 0.1) is 12.7 Å². The number of alkyl halides is 3. The number of rotatable bonds is 7. The van der Waals surface area contributed by atoms with E-state index in [9.17, 15) is 26.4 Å². The Hall–Kier alpha value is -3.13. The molecular weight excluding hydrogens is 529 g/mol.